The van der Waals surface area contributed by atoms with Crippen LogP contribution in [0.4, 0.5) is 0 Å². The molecule has 0 aliphatic heterocycles. The first-order chi connectivity index (χ1) is 5.62. The molecule has 12 heavy (non-hydrogen) atoms. The van der Waals surface area contributed by atoms with E-state index in [0.717, 1.165) is 29.6 Å². The molecule has 1 fully saturated rings. The maximum Gasteiger partial charge on any atom is 0.128 e. The van der Waals surface area contributed by atoms with Crippen LogP contribution in [0.2, 0.25) is 0 Å². The number of halogens is 1. The second-order valence-electron chi connectivity index (χ2n) is 3.36. The Labute approximate surface area is 79.5 Å². The number of hydrogen-bond donors (Lipinski definition) is 1. The van der Waals surface area contributed by atoms with E-state index in [-0.39, 0.29) is 0 Å². The normalized spacial score (nSPS) is 20.6. The van der Waals surface area contributed by atoms with Crippen molar-refractivity contribution in [3.8, 4) is 0 Å². The van der Waals surface area contributed by atoms with Crippen LogP contribution in [0.25, 0.3) is 0 Å². The lowest BCUT2D eigenvalue weighted by molar-refractivity contribution is -0.0456. The highest BCUT2D eigenvalue weighted by atomic mass is 79.9. The first kappa shape index (κ1) is 8.26. The maximum atomic E-state index is 9.99. The molecule has 1 N–H and O–H groups in total. The molecule has 0 unspecified atom stereocenters. The van der Waals surface area contributed by atoms with Gasteiger partial charge in [-0.05, 0) is 41.3 Å². The molecule has 1 saturated carbocycles. The van der Waals surface area contributed by atoms with Gasteiger partial charge in [0.15, 0.2) is 0 Å². The first-order valence-corrected chi connectivity index (χ1v) is 4.83. The molecule has 1 aromatic heterocycles. The average Bonchev–Trinajstić information content (AvgIpc) is 2.25. The molecular formula is C8H11BrN2O. The zero-order chi connectivity index (χ0) is 8.77. The minimum absolute atomic E-state index is 0.603. The molecule has 2 rings (SSSR count). The lowest BCUT2D eigenvalue weighted by Gasteiger charge is -2.36. The van der Waals surface area contributed by atoms with Gasteiger partial charge in [0.05, 0.1) is 5.69 Å². The largest absolute Gasteiger partial charge is 0.384 e. The zero-order valence-corrected chi connectivity index (χ0v) is 8.50. The molecule has 1 aromatic rings. The van der Waals surface area contributed by atoms with E-state index < -0.39 is 5.60 Å². The number of aromatic nitrogens is 2. The van der Waals surface area contributed by atoms with E-state index in [9.17, 15) is 5.11 Å². The molecule has 0 atom stereocenters. The molecule has 3 nitrogen and oxygen atoms in total. The highest BCUT2D eigenvalue weighted by molar-refractivity contribution is 9.10. The van der Waals surface area contributed by atoms with Gasteiger partial charge >= 0.3 is 0 Å². The third kappa shape index (κ3) is 1.10. The van der Waals surface area contributed by atoms with Crippen molar-refractivity contribution in [3.63, 3.8) is 0 Å². The van der Waals surface area contributed by atoms with Crippen molar-refractivity contribution in [1.29, 1.82) is 0 Å². The van der Waals surface area contributed by atoms with Gasteiger partial charge in [0.2, 0.25) is 0 Å². The van der Waals surface area contributed by atoms with Gasteiger partial charge in [0, 0.05) is 7.05 Å². The average molecular weight is 231 g/mol. The number of aryl methyl sites for hydroxylation is 1. The van der Waals surface area contributed by atoms with Crippen LogP contribution in [0.15, 0.2) is 10.7 Å². The summed E-state index contributed by atoms with van der Waals surface area (Å²) in [4.78, 5) is 0. The van der Waals surface area contributed by atoms with Crippen LogP contribution in [0.3, 0.4) is 0 Å². The summed E-state index contributed by atoms with van der Waals surface area (Å²) in [6, 6.07) is 1.89. The summed E-state index contributed by atoms with van der Waals surface area (Å²) in [5.41, 5.74) is 0.314. The van der Waals surface area contributed by atoms with E-state index in [2.05, 4.69) is 21.0 Å². The monoisotopic (exact) mass is 230 g/mol. The number of rotatable bonds is 1. The van der Waals surface area contributed by atoms with Crippen LogP contribution in [-0.4, -0.2) is 14.9 Å². The van der Waals surface area contributed by atoms with Gasteiger partial charge in [0.25, 0.3) is 0 Å². The topological polar surface area (TPSA) is 38.0 Å². The van der Waals surface area contributed by atoms with Crippen LogP contribution in [0.1, 0.15) is 25.0 Å². The summed E-state index contributed by atoms with van der Waals surface area (Å²) in [5, 5.41) is 14.1. The zero-order valence-electron chi connectivity index (χ0n) is 6.92. The van der Waals surface area contributed by atoms with Gasteiger partial charge in [0.1, 0.15) is 10.2 Å². The Hall–Kier alpha value is -0.350. The van der Waals surface area contributed by atoms with Crippen molar-refractivity contribution < 1.29 is 5.11 Å². The Morgan fingerprint density at radius 2 is 2.33 bits per heavy atom. The van der Waals surface area contributed by atoms with Gasteiger partial charge in [-0.15, -0.1) is 0 Å². The van der Waals surface area contributed by atoms with E-state index in [4.69, 9.17) is 0 Å². The standard InChI is InChI=1S/C8H11BrN2O/c1-11-6(5-7(9)10-11)8(12)3-2-4-8/h5,12H,2-4H2,1H3. The van der Waals surface area contributed by atoms with Crippen molar-refractivity contribution in [1.82, 2.24) is 9.78 Å². The maximum absolute atomic E-state index is 9.99. The highest BCUT2D eigenvalue weighted by Crippen LogP contribution is 2.41. The van der Waals surface area contributed by atoms with Crippen molar-refractivity contribution in [2.24, 2.45) is 7.05 Å². The summed E-state index contributed by atoms with van der Waals surface area (Å²) in [6.07, 6.45) is 2.83. The fourth-order valence-electron chi connectivity index (χ4n) is 1.64. The van der Waals surface area contributed by atoms with Gasteiger partial charge in [-0.3, -0.25) is 4.68 Å². The molecule has 0 bridgehead atoms. The summed E-state index contributed by atoms with van der Waals surface area (Å²) >= 11 is 3.29. The lowest BCUT2D eigenvalue weighted by Crippen LogP contribution is -2.35. The minimum atomic E-state index is -0.603. The Bertz CT molecular complexity index is 304. The minimum Gasteiger partial charge on any atom is -0.384 e. The molecule has 0 amide bonds. The molecule has 0 aromatic carbocycles. The molecular weight excluding hydrogens is 220 g/mol. The van der Waals surface area contributed by atoms with Crippen LogP contribution in [0.5, 0.6) is 0 Å². The third-order valence-electron chi connectivity index (χ3n) is 2.51. The number of aliphatic hydroxyl groups is 1. The molecule has 0 radical (unpaired) electrons. The van der Waals surface area contributed by atoms with Crippen LogP contribution >= 0.6 is 15.9 Å². The summed E-state index contributed by atoms with van der Waals surface area (Å²) in [7, 11) is 1.86. The molecule has 0 spiro atoms. The lowest BCUT2D eigenvalue weighted by atomic mass is 9.78. The van der Waals surface area contributed by atoms with E-state index in [0.29, 0.717) is 0 Å². The van der Waals surface area contributed by atoms with Gasteiger partial charge in [-0.1, -0.05) is 0 Å². The van der Waals surface area contributed by atoms with E-state index in [1.54, 1.807) is 4.68 Å². The quantitative estimate of drug-likeness (QED) is 0.796. The Kier molecular flexibility index (Phi) is 1.77. The van der Waals surface area contributed by atoms with E-state index >= 15 is 0 Å². The second-order valence-corrected chi connectivity index (χ2v) is 4.17. The molecule has 66 valence electrons. The Morgan fingerprint density at radius 3 is 2.67 bits per heavy atom. The van der Waals surface area contributed by atoms with Gasteiger partial charge in [-0.2, -0.15) is 5.10 Å². The molecule has 0 saturated heterocycles. The summed E-state index contributed by atoms with van der Waals surface area (Å²) < 4.78 is 2.53. The summed E-state index contributed by atoms with van der Waals surface area (Å²) in [6.45, 7) is 0. The van der Waals surface area contributed by atoms with Crippen molar-refractivity contribution in [3.05, 3.63) is 16.4 Å². The van der Waals surface area contributed by atoms with Gasteiger partial charge < -0.3 is 5.11 Å². The fraction of sp³-hybridized carbons (Fsp3) is 0.625. The molecule has 1 aliphatic carbocycles. The fourth-order valence-corrected chi connectivity index (χ4v) is 2.09. The van der Waals surface area contributed by atoms with E-state index in [1.165, 1.54) is 0 Å². The van der Waals surface area contributed by atoms with Crippen LogP contribution in [0, 0.1) is 0 Å². The SMILES string of the molecule is Cn1nc(Br)cc1C1(O)CCC1. The molecule has 1 heterocycles. The first-order valence-electron chi connectivity index (χ1n) is 4.04. The predicted octanol–water partition coefficient (Wildman–Crippen LogP) is 1.55. The Morgan fingerprint density at radius 1 is 1.67 bits per heavy atom. The van der Waals surface area contributed by atoms with E-state index in [1.807, 2.05) is 13.1 Å². The third-order valence-corrected chi connectivity index (χ3v) is 2.90. The number of hydrogen-bond acceptors (Lipinski definition) is 2. The van der Waals surface area contributed by atoms with Crippen molar-refractivity contribution >= 4 is 15.9 Å². The molecule has 4 heteroatoms. The summed E-state index contributed by atoms with van der Waals surface area (Å²) in [5.74, 6) is 0. The van der Waals surface area contributed by atoms with Crippen molar-refractivity contribution in [2.75, 3.05) is 0 Å². The predicted molar refractivity (Wildman–Crippen MR) is 48.7 cm³/mol. The van der Waals surface area contributed by atoms with Crippen LogP contribution < -0.4 is 0 Å². The smallest absolute Gasteiger partial charge is 0.128 e. The van der Waals surface area contributed by atoms with Gasteiger partial charge in [-0.25, -0.2) is 0 Å². The highest BCUT2D eigenvalue weighted by Gasteiger charge is 2.38. The van der Waals surface area contributed by atoms with Crippen LogP contribution in [-0.2, 0) is 12.6 Å². The van der Waals surface area contributed by atoms with Crippen molar-refractivity contribution in [2.45, 2.75) is 24.9 Å². The molecule has 1 aliphatic rings. The second kappa shape index (κ2) is 2.57. The Balaban J connectivity index is 2.38. The number of nitrogens with zero attached hydrogens (tertiary/aromatic N) is 2.